The number of hydrogen-bond donors (Lipinski definition) is 0. The zero-order valence-electron chi connectivity index (χ0n) is 35.8. The number of hydrogen-bond acceptors (Lipinski definition) is 4. The zero-order valence-corrected chi connectivity index (χ0v) is 35.8. The summed E-state index contributed by atoms with van der Waals surface area (Å²) in [6, 6.07) is 62.9. The summed E-state index contributed by atoms with van der Waals surface area (Å²) < 4.78 is 2.27. The fourth-order valence-corrected chi connectivity index (χ4v) is 9.52. The van der Waals surface area contributed by atoms with Crippen LogP contribution in [0.1, 0.15) is 45.2 Å². The highest BCUT2D eigenvalue weighted by atomic mass is 15.2. The summed E-state index contributed by atoms with van der Waals surface area (Å²) in [5.74, 6) is 1.79. The molecule has 0 amide bonds. The van der Waals surface area contributed by atoms with Crippen molar-refractivity contribution in [1.82, 2.24) is 24.5 Å². The first-order chi connectivity index (χ1) is 30.9. The van der Waals surface area contributed by atoms with Crippen molar-refractivity contribution in [2.75, 3.05) is 0 Å². The van der Waals surface area contributed by atoms with Crippen LogP contribution in [0.15, 0.2) is 188 Å². The lowest BCUT2D eigenvalue weighted by Gasteiger charge is -2.22. The van der Waals surface area contributed by atoms with E-state index in [0.29, 0.717) is 17.6 Å². The summed E-state index contributed by atoms with van der Waals surface area (Å²) in [7, 11) is 0. The van der Waals surface area contributed by atoms with Crippen molar-refractivity contribution in [2.45, 2.75) is 39.5 Å². The van der Waals surface area contributed by atoms with Crippen LogP contribution in [-0.2, 0) is 5.41 Å². The Hall–Kier alpha value is -7.76. The fourth-order valence-electron chi connectivity index (χ4n) is 9.52. The smallest absolute Gasteiger partial charge is 0.238 e. The average Bonchev–Trinajstić information content (AvgIpc) is 3.78. The molecule has 11 aromatic rings. The number of fused-ring (bicyclic) bond motifs is 9. The second-order valence-electron chi connectivity index (χ2n) is 17.0. The van der Waals surface area contributed by atoms with Gasteiger partial charge in [-0.2, -0.15) is 9.97 Å². The van der Waals surface area contributed by atoms with Crippen LogP contribution < -0.4 is 0 Å². The third-order valence-electron chi connectivity index (χ3n) is 12.5. The highest BCUT2D eigenvalue weighted by Gasteiger charge is 2.37. The van der Waals surface area contributed by atoms with Gasteiger partial charge in [-0.3, -0.25) is 9.55 Å². The average molecular weight is 812 g/mol. The van der Waals surface area contributed by atoms with Crippen molar-refractivity contribution in [2.24, 2.45) is 0 Å². The van der Waals surface area contributed by atoms with Crippen LogP contribution in [-0.4, -0.2) is 24.5 Å². The van der Waals surface area contributed by atoms with Gasteiger partial charge >= 0.3 is 0 Å². The van der Waals surface area contributed by atoms with Crippen molar-refractivity contribution in [3.63, 3.8) is 0 Å². The summed E-state index contributed by atoms with van der Waals surface area (Å²) in [6.07, 6.45) is 4.93. The monoisotopic (exact) mass is 811 g/mol. The molecular formula is C58H45N5. The van der Waals surface area contributed by atoms with E-state index in [1.165, 1.54) is 44.8 Å². The Balaban J connectivity index is 0.00000144. The fraction of sp³-hybridized carbons (Fsp3) is 0.103. The van der Waals surface area contributed by atoms with Crippen LogP contribution in [0.2, 0.25) is 0 Å². The van der Waals surface area contributed by atoms with Gasteiger partial charge in [0.25, 0.3) is 0 Å². The standard InChI is InChI=1S/C55H37N5.C3H8/c1-55(2)47-28-26-35-12-8-9-18-42(35)50(47)45-27-25-40(31-48(45)55)43-19-10-20-44-46-30-38-15-6-7-16-39(38)32-49(46)60(51(43)44)54-58-52(36-13-4-3-5-14-36)57-53(59-54)37-23-21-34(22-24-37)41-17-11-29-56-33-41;1-3-2/h3-33H,1-2H3;3H2,1-2H3. The van der Waals surface area contributed by atoms with E-state index in [1.54, 1.807) is 6.20 Å². The van der Waals surface area contributed by atoms with Crippen molar-refractivity contribution >= 4 is 43.4 Å². The molecule has 1 aliphatic carbocycles. The second-order valence-corrected chi connectivity index (χ2v) is 17.0. The Morgan fingerprint density at radius 1 is 0.460 bits per heavy atom. The highest BCUT2D eigenvalue weighted by Crippen LogP contribution is 2.52. The molecule has 0 saturated heterocycles. The van der Waals surface area contributed by atoms with E-state index < -0.39 is 0 Å². The van der Waals surface area contributed by atoms with Crippen LogP contribution in [0.3, 0.4) is 0 Å². The SMILES string of the molecule is CC1(C)c2cc(-c3cccc4c5cc6ccccc6cc5n(-c5nc(-c6ccccc6)nc(-c6ccc(-c7cccnc7)cc6)n5)c34)ccc2-c2c1ccc1ccccc21.CCC. The first kappa shape index (κ1) is 38.2. The third kappa shape index (κ3) is 6.39. The van der Waals surface area contributed by atoms with Gasteiger partial charge in [0.05, 0.1) is 11.0 Å². The second kappa shape index (κ2) is 15.3. The molecule has 1 aliphatic rings. The largest absolute Gasteiger partial charge is 0.277 e. The molecule has 0 bridgehead atoms. The minimum absolute atomic E-state index is 0.177. The molecule has 63 heavy (non-hydrogen) atoms. The molecule has 5 heteroatoms. The Morgan fingerprint density at radius 3 is 1.84 bits per heavy atom. The van der Waals surface area contributed by atoms with Crippen molar-refractivity contribution < 1.29 is 0 Å². The predicted octanol–water partition coefficient (Wildman–Crippen LogP) is 15.1. The summed E-state index contributed by atoms with van der Waals surface area (Å²) in [5.41, 5.74) is 13.5. The van der Waals surface area contributed by atoms with Gasteiger partial charge in [-0.15, -0.1) is 0 Å². The topological polar surface area (TPSA) is 56.5 Å². The quantitative estimate of drug-likeness (QED) is 0.174. The molecule has 0 fully saturated rings. The van der Waals surface area contributed by atoms with Gasteiger partial charge in [-0.25, -0.2) is 4.98 Å². The zero-order chi connectivity index (χ0) is 42.7. The maximum atomic E-state index is 5.35. The van der Waals surface area contributed by atoms with Gasteiger partial charge in [-0.05, 0) is 84.8 Å². The van der Waals surface area contributed by atoms with Crippen LogP contribution >= 0.6 is 0 Å². The summed E-state index contributed by atoms with van der Waals surface area (Å²) in [6.45, 7) is 8.97. The number of aromatic nitrogens is 5. The van der Waals surface area contributed by atoms with Crippen molar-refractivity contribution in [3.05, 3.63) is 199 Å². The molecule has 0 unspecified atom stereocenters. The normalized spacial score (nSPS) is 12.6. The van der Waals surface area contributed by atoms with Crippen LogP contribution in [0.25, 0.3) is 105 Å². The minimum Gasteiger partial charge on any atom is -0.277 e. The first-order valence-electron chi connectivity index (χ1n) is 21.9. The van der Waals surface area contributed by atoms with Gasteiger partial charge in [0.2, 0.25) is 5.95 Å². The van der Waals surface area contributed by atoms with E-state index in [1.807, 2.05) is 30.5 Å². The summed E-state index contributed by atoms with van der Waals surface area (Å²) in [5, 5.41) is 7.20. The van der Waals surface area contributed by atoms with Crippen LogP contribution in [0.4, 0.5) is 0 Å². The van der Waals surface area contributed by atoms with Gasteiger partial charge in [0, 0.05) is 45.3 Å². The summed E-state index contributed by atoms with van der Waals surface area (Å²) >= 11 is 0. The first-order valence-corrected chi connectivity index (χ1v) is 21.9. The molecule has 5 nitrogen and oxygen atoms in total. The number of rotatable bonds is 5. The lowest BCUT2D eigenvalue weighted by atomic mass is 9.81. The minimum atomic E-state index is -0.177. The molecule has 0 spiro atoms. The van der Waals surface area contributed by atoms with Crippen molar-refractivity contribution in [3.8, 4) is 62.1 Å². The number of pyridine rings is 1. The van der Waals surface area contributed by atoms with Crippen LogP contribution in [0.5, 0.6) is 0 Å². The maximum Gasteiger partial charge on any atom is 0.238 e. The molecule has 0 atom stereocenters. The molecule has 302 valence electrons. The molecule has 0 N–H and O–H groups in total. The van der Waals surface area contributed by atoms with E-state index in [-0.39, 0.29) is 5.41 Å². The Morgan fingerprint density at radius 2 is 1.10 bits per heavy atom. The molecule has 3 aromatic heterocycles. The predicted molar refractivity (Wildman–Crippen MR) is 262 cm³/mol. The van der Waals surface area contributed by atoms with Gasteiger partial charge in [-0.1, -0.05) is 186 Å². The highest BCUT2D eigenvalue weighted by molar-refractivity contribution is 6.17. The molecule has 12 rings (SSSR count). The molecule has 8 aromatic carbocycles. The van der Waals surface area contributed by atoms with E-state index in [2.05, 4.69) is 189 Å². The molecule has 0 saturated carbocycles. The van der Waals surface area contributed by atoms with Crippen LogP contribution in [0, 0.1) is 0 Å². The number of para-hydroxylation sites is 1. The number of benzene rings is 8. The third-order valence-corrected chi connectivity index (χ3v) is 12.5. The van der Waals surface area contributed by atoms with Gasteiger partial charge in [0.15, 0.2) is 11.6 Å². The molecule has 3 heterocycles. The van der Waals surface area contributed by atoms with Gasteiger partial charge in [0.1, 0.15) is 0 Å². The molecule has 0 radical (unpaired) electrons. The Labute approximate surface area is 367 Å². The number of nitrogens with zero attached hydrogens (tertiary/aromatic N) is 5. The molecular weight excluding hydrogens is 767 g/mol. The van der Waals surface area contributed by atoms with E-state index in [9.17, 15) is 0 Å². The lowest BCUT2D eigenvalue weighted by Crippen LogP contribution is -2.15. The van der Waals surface area contributed by atoms with Crippen molar-refractivity contribution in [1.29, 1.82) is 0 Å². The van der Waals surface area contributed by atoms with E-state index in [0.717, 1.165) is 60.6 Å². The summed E-state index contributed by atoms with van der Waals surface area (Å²) in [4.78, 5) is 20.1. The Kier molecular flexibility index (Phi) is 9.27. The lowest BCUT2D eigenvalue weighted by molar-refractivity contribution is 0.661. The van der Waals surface area contributed by atoms with E-state index >= 15 is 0 Å². The molecule has 0 aliphatic heterocycles. The maximum absolute atomic E-state index is 5.35. The Bertz CT molecular complexity index is 3510. The van der Waals surface area contributed by atoms with E-state index in [4.69, 9.17) is 15.0 Å². The van der Waals surface area contributed by atoms with Gasteiger partial charge < -0.3 is 0 Å².